The fraction of sp³-hybridized carbons (Fsp3) is 0.533. The second kappa shape index (κ2) is 7.14. The van der Waals surface area contributed by atoms with Crippen LogP contribution < -0.4 is 10.1 Å². The lowest BCUT2D eigenvalue weighted by atomic mass is 9.99. The van der Waals surface area contributed by atoms with Crippen molar-refractivity contribution in [3.05, 3.63) is 29.8 Å². The molecule has 1 aromatic carbocycles. The summed E-state index contributed by atoms with van der Waals surface area (Å²) in [5.74, 6) is -0.345. The van der Waals surface area contributed by atoms with E-state index in [-0.39, 0.29) is 11.1 Å². The normalized spacial score (nSPS) is 11.3. The topological polar surface area (TPSA) is 58.6 Å². The number of hydrogen-bond acceptors (Lipinski definition) is 3. The van der Waals surface area contributed by atoms with Crippen molar-refractivity contribution >= 4 is 5.97 Å². The van der Waals surface area contributed by atoms with Crippen molar-refractivity contribution in [3.63, 3.8) is 0 Å². The summed E-state index contributed by atoms with van der Waals surface area (Å²) in [7, 11) is 0. The van der Waals surface area contributed by atoms with E-state index >= 15 is 0 Å². The van der Waals surface area contributed by atoms with Gasteiger partial charge in [-0.2, -0.15) is 0 Å². The third-order valence-electron chi connectivity index (χ3n) is 2.93. The van der Waals surface area contributed by atoms with Gasteiger partial charge in [0.1, 0.15) is 12.4 Å². The minimum Gasteiger partial charge on any atom is -0.492 e. The molecule has 0 saturated heterocycles. The molecule has 0 atom stereocenters. The van der Waals surface area contributed by atoms with Gasteiger partial charge in [0.05, 0.1) is 5.56 Å². The highest BCUT2D eigenvalue weighted by molar-refractivity contribution is 5.87. The molecule has 0 fully saturated rings. The van der Waals surface area contributed by atoms with Crippen LogP contribution in [0.2, 0.25) is 0 Å². The maximum atomic E-state index is 10.8. The SMILES string of the molecule is CCCC(C)(C)NCCOc1cccc(C(=O)O)c1. The van der Waals surface area contributed by atoms with Crippen LogP contribution in [-0.2, 0) is 0 Å². The second-order valence-electron chi connectivity index (χ2n) is 5.24. The predicted octanol–water partition coefficient (Wildman–Crippen LogP) is 2.93. The molecule has 0 amide bonds. The zero-order chi connectivity index (χ0) is 14.3. The van der Waals surface area contributed by atoms with E-state index in [2.05, 4.69) is 26.1 Å². The molecular formula is C15H23NO3. The van der Waals surface area contributed by atoms with Crippen LogP contribution in [0.3, 0.4) is 0 Å². The van der Waals surface area contributed by atoms with Crippen molar-refractivity contribution in [2.24, 2.45) is 0 Å². The van der Waals surface area contributed by atoms with Gasteiger partial charge in [0.2, 0.25) is 0 Å². The molecule has 0 aliphatic carbocycles. The highest BCUT2D eigenvalue weighted by Crippen LogP contribution is 2.13. The number of rotatable bonds is 8. The lowest BCUT2D eigenvalue weighted by molar-refractivity contribution is 0.0696. The Hall–Kier alpha value is -1.55. The number of benzene rings is 1. The highest BCUT2D eigenvalue weighted by Gasteiger charge is 2.14. The van der Waals surface area contributed by atoms with Crippen LogP contribution in [0.15, 0.2) is 24.3 Å². The molecule has 0 spiro atoms. The van der Waals surface area contributed by atoms with Crippen molar-refractivity contribution in [1.82, 2.24) is 5.32 Å². The Kier molecular flexibility index (Phi) is 5.83. The molecule has 0 aliphatic rings. The third-order valence-corrected chi connectivity index (χ3v) is 2.93. The Bertz CT molecular complexity index is 416. The van der Waals surface area contributed by atoms with E-state index in [4.69, 9.17) is 9.84 Å². The lowest BCUT2D eigenvalue weighted by Gasteiger charge is -2.25. The molecule has 4 nitrogen and oxygen atoms in total. The Morgan fingerprint density at radius 3 is 2.79 bits per heavy atom. The zero-order valence-electron chi connectivity index (χ0n) is 11.9. The first kappa shape index (κ1) is 15.5. The maximum absolute atomic E-state index is 10.8. The molecule has 0 saturated carbocycles. The van der Waals surface area contributed by atoms with Gasteiger partial charge in [0.25, 0.3) is 0 Å². The van der Waals surface area contributed by atoms with Gasteiger partial charge in [-0.3, -0.25) is 0 Å². The van der Waals surface area contributed by atoms with E-state index in [1.165, 1.54) is 0 Å². The zero-order valence-corrected chi connectivity index (χ0v) is 11.9. The van der Waals surface area contributed by atoms with Gasteiger partial charge in [-0.25, -0.2) is 4.79 Å². The molecule has 1 rings (SSSR count). The van der Waals surface area contributed by atoms with Crippen LogP contribution in [0.4, 0.5) is 0 Å². The molecule has 0 radical (unpaired) electrons. The molecule has 0 heterocycles. The summed E-state index contributed by atoms with van der Waals surface area (Å²) < 4.78 is 5.54. The standard InChI is InChI=1S/C15H23NO3/c1-4-8-15(2,3)16-9-10-19-13-7-5-6-12(11-13)14(17)18/h5-7,11,16H,4,8-10H2,1-3H3,(H,17,18). The van der Waals surface area contributed by atoms with E-state index in [9.17, 15) is 4.79 Å². The quantitative estimate of drug-likeness (QED) is 0.710. The average Bonchev–Trinajstić information content (AvgIpc) is 2.35. The molecule has 4 heteroatoms. The minimum absolute atomic E-state index is 0.112. The molecule has 0 unspecified atom stereocenters. The molecule has 0 bridgehead atoms. The van der Waals surface area contributed by atoms with Crippen molar-refractivity contribution in [2.45, 2.75) is 39.2 Å². The van der Waals surface area contributed by atoms with Crippen LogP contribution in [0.5, 0.6) is 5.75 Å². The fourth-order valence-corrected chi connectivity index (χ4v) is 1.99. The first-order valence-corrected chi connectivity index (χ1v) is 6.66. The number of hydrogen-bond donors (Lipinski definition) is 2. The summed E-state index contributed by atoms with van der Waals surface area (Å²) in [6.07, 6.45) is 2.25. The van der Waals surface area contributed by atoms with Crippen molar-refractivity contribution in [2.75, 3.05) is 13.2 Å². The summed E-state index contributed by atoms with van der Waals surface area (Å²) >= 11 is 0. The van der Waals surface area contributed by atoms with Gasteiger partial charge in [-0.1, -0.05) is 19.4 Å². The number of nitrogens with one attached hydrogen (secondary N) is 1. The Morgan fingerprint density at radius 1 is 1.42 bits per heavy atom. The van der Waals surface area contributed by atoms with Crippen LogP contribution in [0.25, 0.3) is 0 Å². The van der Waals surface area contributed by atoms with Gasteiger partial charge < -0.3 is 15.2 Å². The van der Waals surface area contributed by atoms with E-state index in [1.807, 2.05) is 0 Å². The highest BCUT2D eigenvalue weighted by atomic mass is 16.5. The molecule has 106 valence electrons. The first-order valence-electron chi connectivity index (χ1n) is 6.66. The van der Waals surface area contributed by atoms with Crippen LogP contribution in [0.1, 0.15) is 44.0 Å². The summed E-state index contributed by atoms with van der Waals surface area (Å²) in [5, 5.41) is 12.3. The van der Waals surface area contributed by atoms with Crippen LogP contribution in [-0.4, -0.2) is 29.8 Å². The summed E-state index contributed by atoms with van der Waals surface area (Å²) in [5.41, 5.74) is 0.359. The third kappa shape index (κ3) is 5.75. The molecule has 2 N–H and O–H groups in total. The maximum Gasteiger partial charge on any atom is 0.335 e. The fourth-order valence-electron chi connectivity index (χ4n) is 1.99. The largest absolute Gasteiger partial charge is 0.492 e. The number of ether oxygens (including phenoxy) is 1. The number of carboxylic acid groups (broad SMARTS) is 1. The number of carboxylic acids is 1. The first-order chi connectivity index (χ1) is 8.94. The summed E-state index contributed by atoms with van der Waals surface area (Å²) in [6.45, 7) is 7.76. The molecule has 19 heavy (non-hydrogen) atoms. The summed E-state index contributed by atoms with van der Waals surface area (Å²) in [6, 6.07) is 6.55. The molecular weight excluding hydrogens is 242 g/mol. The monoisotopic (exact) mass is 265 g/mol. The van der Waals surface area contributed by atoms with E-state index < -0.39 is 5.97 Å². The van der Waals surface area contributed by atoms with Gasteiger partial charge in [0, 0.05) is 12.1 Å². The van der Waals surface area contributed by atoms with Gasteiger partial charge >= 0.3 is 5.97 Å². The van der Waals surface area contributed by atoms with Gasteiger partial charge in [0.15, 0.2) is 0 Å². The van der Waals surface area contributed by atoms with Crippen LogP contribution >= 0.6 is 0 Å². The molecule has 0 aromatic heterocycles. The number of carbonyl (C=O) groups is 1. The lowest BCUT2D eigenvalue weighted by Crippen LogP contribution is -2.41. The van der Waals surface area contributed by atoms with E-state index in [0.29, 0.717) is 12.4 Å². The Morgan fingerprint density at radius 2 is 2.16 bits per heavy atom. The van der Waals surface area contributed by atoms with E-state index in [0.717, 1.165) is 19.4 Å². The van der Waals surface area contributed by atoms with Crippen molar-refractivity contribution in [3.8, 4) is 5.75 Å². The second-order valence-corrected chi connectivity index (χ2v) is 5.24. The van der Waals surface area contributed by atoms with Crippen molar-refractivity contribution < 1.29 is 14.6 Å². The number of aromatic carboxylic acids is 1. The smallest absolute Gasteiger partial charge is 0.335 e. The van der Waals surface area contributed by atoms with E-state index in [1.54, 1.807) is 24.3 Å². The Balaban J connectivity index is 2.37. The molecule has 1 aromatic rings. The molecule has 0 aliphatic heterocycles. The van der Waals surface area contributed by atoms with Gasteiger partial charge in [-0.05, 0) is 38.5 Å². The average molecular weight is 265 g/mol. The minimum atomic E-state index is -0.937. The van der Waals surface area contributed by atoms with Crippen molar-refractivity contribution in [1.29, 1.82) is 0 Å². The van der Waals surface area contributed by atoms with Gasteiger partial charge in [-0.15, -0.1) is 0 Å². The summed E-state index contributed by atoms with van der Waals surface area (Å²) in [4.78, 5) is 10.8. The van der Waals surface area contributed by atoms with Crippen LogP contribution in [0, 0.1) is 0 Å². The predicted molar refractivity (Wildman–Crippen MR) is 75.9 cm³/mol. The Labute approximate surface area is 114 Å².